The van der Waals surface area contributed by atoms with Crippen LogP contribution in [0.3, 0.4) is 0 Å². The van der Waals surface area contributed by atoms with Gasteiger partial charge in [-0.3, -0.25) is 9.69 Å². The molecule has 14 heavy (non-hydrogen) atoms. The summed E-state index contributed by atoms with van der Waals surface area (Å²) in [5, 5.41) is 0. The monoisotopic (exact) mass is 197 g/mol. The number of carbonyl (C=O) groups is 1. The molecule has 0 aromatic heterocycles. The summed E-state index contributed by atoms with van der Waals surface area (Å²) in [4.78, 5) is 14.2. The number of nitrogens with zero attached hydrogens (tertiary/aromatic N) is 1. The van der Waals surface area contributed by atoms with E-state index >= 15 is 0 Å². The molecule has 0 spiro atoms. The number of hydrogen-bond donors (Lipinski definition) is 0. The minimum absolute atomic E-state index is 0.237. The van der Waals surface area contributed by atoms with Crippen molar-refractivity contribution in [2.45, 2.75) is 58.4 Å². The fraction of sp³-hybridized carbons (Fsp3) is 0.917. The van der Waals surface area contributed by atoms with Crippen molar-refractivity contribution in [3.8, 4) is 0 Å². The van der Waals surface area contributed by atoms with E-state index in [9.17, 15) is 4.79 Å². The van der Waals surface area contributed by atoms with Crippen molar-refractivity contribution < 1.29 is 4.79 Å². The summed E-state index contributed by atoms with van der Waals surface area (Å²) < 4.78 is 0. The lowest BCUT2D eigenvalue weighted by molar-refractivity contribution is -0.129. The first-order chi connectivity index (χ1) is 6.59. The van der Waals surface area contributed by atoms with Gasteiger partial charge in [0.2, 0.25) is 0 Å². The van der Waals surface area contributed by atoms with Crippen molar-refractivity contribution in [1.29, 1.82) is 0 Å². The molecule has 1 aliphatic heterocycles. The highest BCUT2D eigenvalue weighted by molar-refractivity contribution is 5.87. The van der Waals surface area contributed by atoms with Gasteiger partial charge in [0.25, 0.3) is 0 Å². The van der Waals surface area contributed by atoms with Crippen LogP contribution in [0.4, 0.5) is 0 Å². The molecular formula is C12H23NO. The molecule has 0 aliphatic carbocycles. The fourth-order valence-corrected chi connectivity index (χ4v) is 2.24. The molecule has 0 aromatic carbocycles. The third-order valence-electron chi connectivity index (χ3n) is 3.40. The summed E-state index contributed by atoms with van der Waals surface area (Å²) in [5.74, 6) is 0.374. The van der Waals surface area contributed by atoms with Crippen LogP contribution in [-0.4, -0.2) is 29.3 Å². The van der Waals surface area contributed by atoms with Crippen LogP contribution in [0, 0.1) is 0 Å². The molecule has 1 fully saturated rings. The van der Waals surface area contributed by atoms with Crippen LogP contribution in [-0.2, 0) is 4.79 Å². The second kappa shape index (κ2) is 4.92. The maximum atomic E-state index is 11.8. The number of likely N-dealkylation sites (tertiary alicyclic amines) is 1. The van der Waals surface area contributed by atoms with Gasteiger partial charge in [-0.15, -0.1) is 0 Å². The Labute approximate surface area is 87.7 Å². The van der Waals surface area contributed by atoms with Crippen molar-refractivity contribution in [3.05, 3.63) is 0 Å². The van der Waals surface area contributed by atoms with E-state index in [0.717, 1.165) is 13.1 Å². The minimum Gasteiger partial charge on any atom is -0.298 e. The number of rotatable bonds is 3. The van der Waals surface area contributed by atoms with E-state index in [1.54, 1.807) is 0 Å². The van der Waals surface area contributed by atoms with Crippen LogP contribution in [0.2, 0.25) is 0 Å². The Kier molecular flexibility index (Phi) is 4.11. The van der Waals surface area contributed by atoms with Crippen LogP contribution >= 0.6 is 0 Å². The first kappa shape index (κ1) is 11.7. The Hall–Kier alpha value is -0.370. The molecule has 2 nitrogen and oxygen atoms in total. The van der Waals surface area contributed by atoms with Crippen LogP contribution in [0.15, 0.2) is 0 Å². The molecule has 0 radical (unpaired) electrons. The Morgan fingerprint density at radius 2 is 1.64 bits per heavy atom. The highest BCUT2D eigenvalue weighted by Gasteiger charge is 2.32. The number of ketones is 1. The van der Waals surface area contributed by atoms with Crippen molar-refractivity contribution in [2.75, 3.05) is 13.1 Å². The Balaban J connectivity index is 2.63. The Bertz CT molecular complexity index is 190. The van der Waals surface area contributed by atoms with Crippen molar-refractivity contribution in [2.24, 2.45) is 0 Å². The van der Waals surface area contributed by atoms with E-state index in [1.165, 1.54) is 25.7 Å². The van der Waals surface area contributed by atoms with Crippen LogP contribution in [0.5, 0.6) is 0 Å². The normalized spacial score (nSPS) is 20.5. The lowest BCUT2D eigenvalue weighted by Gasteiger charge is -2.36. The third-order valence-corrected chi connectivity index (χ3v) is 3.40. The zero-order valence-electron chi connectivity index (χ0n) is 9.81. The fourth-order valence-electron chi connectivity index (χ4n) is 2.24. The van der Waals surface area contributed by atoms with E-state index in [4.69, 9.17) is 0 Å². The summed E-state index contributed by atoms with van der Waals surface area (Å²) in [5.41, 5.74) is -0.237. The largest absolute Gasteiger partial charge is 0.298 e. The van der Waals surface area contributed by atoms with Gasteiger partial charge in [0.05, 0.1) is 5.54 Å². The van der Waals surface area contributed by atoms with Gasteiger partial charge in [-0.1, -0.05) is 19.8 Å². The van der Waals surface area contributed by atoms with E-state index in [2.05, 4.69) is 18.7 Å². The van der Waals surface area contributed by atoms with Crippen LogP contribution in [0.1, 0.15) is 52.9 Å². The van der Waals surface area contributed by atoms with Crippen molar-refractivity contribution in [1.82, 2.24) is 4.90 Å². The van der Waals surface area contributed by atoms with E-state index in [-0.39, 0.29) is 5.54 Å². The maximum Gasteiger partial charge on any atom is 0.152 e. The molecule has 1 heterocycles. The quantitative estimate of drug-likeness (QED) is 0.693. The van der Waals surface area contributed by atoms with E-state index in [0.29, 0.717) is 12.2 Å². The lowest BCUT2D eigenvalue weighted by atomic mass is 9.94. The molecule has 0 aromatic rings. The SMILES string of the molecule is CCC(=O)C(C)(C)N1CCCCCC1. The molecule has 2 heteroatoms. The standard InChI is InChI=1S/C12H23NO/c1-4-11(14)12(2,3)13-9-7-5-6-8-10-13/h4-10H2,1-3H3. The van der Waals surface area contributed by atoms with E-state index < -0.39 is 0 Å². The number of hydrogen-bond acceptors (Lipinski definition) is 2. The molecule has 0 saturated carbocycles. The van der Waals surface area contributed by atoms with Gasteiger partial charge >= 0.3 is 0 Å². The van der Waals surface area contributed by atoms with Crippen molar-refractivity contribution in [3.63, 3.8) is 0 Å². The summed E-state index contributed by atoms with van der Waals surface area (Å²) in [6.07, 6.45) is 5.81. The number of Topliss-reactive ketones (excluding diaryl/α,β-unsaturated/α-hetero) is 1. The maximum absolute atomic E-state index is 11.8. The highest BCUT2D eigenvalue weighted by atomic mass is 16.1. The summed E-state index contributed by atoms with van der Waals surface area (Å²) >= 11 is 0. The molecule has 0 bridgehead atoms. The molecule has 0 amide bonds. The summed E-state index contributed by atoms with van der Waals surface area (Å²) in [6.45, 7) is 8.30. The van der Waals surface area contributed by atoms with Gasteiger partial charge in [0.15, 0.2) is 5.78 Å². The summed E-state index contributed by atoms with van der Waals surface area (Å²) in [6, 6.07) is 0. The average molecular weight is 197 g/mol. The molecule has 1 rings (SSSR count). The lowest BCUT2D eigenvalue weighted by Crippen LogP contribution is -2.50. The van der Waals surface area contributed by atoms with Gasteiger partial charge < -0.3 is 0 Å². The topological polar surface area (TPSA) is 20.3 Å². The average Bonchev–Trinajstić information content (AvgIpc) is 2.44. The molecular weight excluding hydrogens is 174 g/mol. The molecule has 82 valence electrons. The molecule has 0 N–H and O–H groups in total. The first-order valence-electron chi connectivity index (χ1n) is 5.87. The smallest absolute Gasteiger partial charge is 0.152 e. The van der Waals surface area contributed by atoms with Crippen LogP contribution in [0.25, 0.3) is 0 Å². The van der Waals surface area contributed by atoms with Crippen molar-refractivity contribution >= 4 is 5.78 Å². The molecule has 1 saturated heterocycles. The van der Waals surface area contributed by atoms with E-state index in [1.807, 2.05) is 6.92 Å². The van der Waals surface area contributed by atoms with Gasteiger partial charge in [0.1, 0.15) is 0 Å². The predicted molar refractivity (Wildman–Crippen MR) is 59.4 cm³/mol. The molecule has 0 atom stereocenters. The van der Waals surface area contributed by atoms with Gasteiger partial charge in [-0.2, -0.15) is 0 Å². The predicted octanol–water partition coefficient (Wildman–Crippen LogP) is 2.62. The second-order valence-electron chi connectivity index (χ2n) is 4.74. The van der Waals surface area contributed by atoms with Gasteiger partial charge in [-0.05, 0) is 39.8 Å². The van der Waals surface area contributed by atoms with Gasteiger partial charge in [0, 0.05) is 6.42 Å². The molecule has 0 unspecified atom stereocenters. The number of carbonyl (C=O) groups excluding carboxylic acids is 1. The first-order valence-corrected chi connectivity index (χ1v) is 5.87. The second-order valence-corrected chi connectivity index (χ2v) is 4.74. The highest BCUT2D eigenvalue weighted by Crippen LogP contribution is 2.21. The zero-order valence-corrected chi connectivity index (χ0v) is 9.81. The van der Waals surface area contributed by atoms with Gasteiger partial charge in [-0.25, -0.2) is 0 Å². The van der Waals surface area contributed by atoms with Crippen LogP contribution < -0.4 is 0 Å². The summed E-state index contributed by atoms with van der Waals surface area (Å²) in [7, 11) is 0. The minimum atomic E-state index is -0.237. The Morgan fingerprint density at radius 1 is 1.14 bits per heavy atom. The molecule has 1 aliphatic rings. The third kappa shape index (κ3) is 2.57. The Morgan fingerprint density at radius 3 is 2.07 bits per heavy atom. The zero-order chi connectivity index (χ0) is 10.6.